The molecule has 0 bridgehead atoms. The van der Waals surface area contributed by atoms with Gasteiger partial charge in [0.25, 0.3) is 0 Å². The Morgan fingerprint density at radius 2 is 2.00 bits per heavy atom. The first-order valence-corrected chi connectivity index (χ1v) is 3.57. The molecular formula is C8H5NO3. The summed E-state index contributed by atoms with van der Waals surface area (Å²) < 4.78 is 15.1. The SMILES string of the molecule is c1onc2cc3c(cc12)OCO3. The molecule has 1 aromatic carbocycles. The second-order valence-electron chi connectivity index (χ2n) is 2.58. The quantitative estimate of drug-likeness (QED) is 0.591. The fraction of sp³-hybridized carbons (Fsp3) is 0.125. The third kappa shape index (κ3) is 0.637. The summed E-state index contributed by atoms with van der Waals surface area (Å²) in [6.45, 7) is 0.291. The molecular weight excluding hydrogens is 158 g/mol. The van der Waals surface area contributed by atoms with Gasteiger partial charge in [-0.1, -0.05) is 5.16 Å². The average molecular weight is 163 g/mol. The maximum atomic E-state index is 5.18. The fourth-order valence-corrected chi connectivity index (χ4v) is 1.26. The van der Waals surface area contributed by atoms with E-state index in [9.17, 15) is 0 Å². The van der Waals surface area contributed by atoms with Gasteiger partial charge in [0.2, 0.25) is 6.79 Å². The molecule has 1 aromatic heterocycles. The molecule has 2 heterocycles. The predicted molar refractivity (Wildman–Crippen MR) is 40.1 cm³/mol. The normalized spacial score (nSPS) is 14.0. The Balaban J connectivity index is 2.38. The van der Waals surface area contributed by atoms with Gasteiger partial charge in [-0.05, 0) is 6.07 Å². The summed E-state index contributed by atoms with van der Waals surface area (Å²) in [6, 6.07) is 3.66. The molecule has 0 radical (unpaired) electrons. The molecule has 4 nitrogen and oxygen atoms in total. The zero-order valence-corrected chi connectivity index (χ0v) is 6.11. The highest BCUT2D eigenvalue weighted by molar-refractivity contribution is 5.81. The van der Waals surface area contributed by atoms with Crippen molar-refractivity contribution in [3.63, 3.8) is 0 Å². The summed E-state index contributed by atoms with van der Waals surface area (Å²) in [5.41, 5.74) is 0.791. The third-order valence-electron chi connectivity index (χ3n) is 1.85. The van der Waals surface area contributed by atoms with E-state index in [1.54, 1.807) is 12.3 Å². The van der Waals surface area contributed by atoms with Crippen LogP contribution < -0.4 is 9.47 Å². The Morgan fingerprint density at radius 1 is 1.17 bits per heavy atom. The summed E-state index contributed by atoms with van der Waals surface area (Å²) in [5.74, 6) is 1.49. The van der Waals surface area contributed by atoms with Gasteiger partial charge in [-0.3, -0.25) is 0 Å². The van der Waals surface area contributed by atoms with Crippen LogP contribution in [0.25, 0.3) is 10.9 Å². The molecule has 0 unspecified atom stereocenters. The zero-order chi connectivity index (χ0) is 7.97. The molecule has 0 spiro atoms. The van der Waals surface area contributed by atoms with Gasteiger partial charge >= 0.3 is 0 Å². The highest BCUT2D eigenvalue weighted by atomic mass is 16.7. The van der Waals surface area contributed by atoms with Crippen LogP contribution in [-0.2, 0) is 0 Å². The van der Waals surface area contributed by atoms with Crippen LogP contribution in [0.2, 0.25) is 0 Å². The van der Waals surface area contributed by atoms with Gasteiger partial charge in [-0.15, -0.1) is 0 Å². The van der Waals surface area contributed by atoms with E-state index in [4.69, 9.17) is 14.0 Å². The van der Waals surface area contributed by atoms with Gasteiger partial charge < -0.3 is 14.0 Å². The molecule has 60 valence electrons. The van der Waals surface area contributed by atoms with Crippen LogP contribution >= 0.6 is 0 Å². The van der Waals surface area contributed by atoms with Crippen molar-refractivity contribution in [3.05, 3.63) is 18.4 Å². The summed E-state index contributed by atoms with van der Waals surface area (Å²) in [5, 5.41) is 4.72. The van der Waals surface area contributed by atoms with Crippen molar-refractivity contribution in [2.45, 2.75) is 0 Å². The number of rotatable bonds is 0. The van der Waals surface area contributed by atoms with Crippen LogP contribution in [-0.4, -0.2) is 11.9 Å². The lowest BCUT2D eigenvalue weighted by Crippen LogP contribution is -1.92. The number of hydrogen-bond acceptors (Lipinski definition) is 4. The monoisotopic (exact) mass is 163 g/mol. The van der Waals surface area contributed by atoms with Crippen LogP contribution in [0, 0.1) is 0 Å². The second kappa shape index (κ2) is 1.91. The van der Waals surface area contributed by atoms with Crippen molar-refractivity contribution in [2.75, 3.05) is 6.79 Å². The van der Waals surface area contributed by atoms with Gasteiger partial charge in [0.1, 0.15) is 11.8 Å². The number of fused-ring (bicyclic) bond motifs is 2. The molecule has 0 amide bonds. The summed E-state index contributed by atoms with van der Waals surface area (Å²) in [7, 11) is 0. The first kappa shape index (κ1) is 5.88. The lowest BCUT2D eigenvalue weighted by Gasteiger charge is -1.92. The van der Waals surface area contributed by atoms with Gasteiger partial charge in [0, 0.05) is 11.5 Å². The lowest BCUT2D eigenvalue weighted by molar-refractivity contribution is 0.174. The van der Waals surface area contributed by atoms with Crippen LogP contribution in [0.5, 0.6) is 11.5 Å². The van der Waals surface area contributed by atoms with Crippen LogP contribution in [0.4, 0.5) is 0 Å². The topological polar surface area (TPSA) is 44.5 Å². The standard InChI is InChI=1S/C8H5NO3/c1-5-3-12-9-6(5)2-8-7(1)10-4-11-8/h1-3H,4H2. The maximum absolute atomic E-state index is 5.18. The number of ether oxygens (including phenoxy) is 2. The minimum atomic E-state index is 0.291. The van der Waals surface area contributed by atoms with Crippen LogP contribution in [0.15, 0.2) is 22.9 Å². The first-order chi connectivity index (χ1) is 5.93. The average Bonchev–Trinajstić information content (AvgIpc) is 2.64. The Morgan fingerprint density at radius 3 is 2.92 bits per heavy atom. The molecule has 0 fully saturated rings. The molecule has 12 heavy (non-hydrogen) atoms. The molecule has 0 saturated heterocycles. The van der Waals surface area contributed by atoms with Crippen molar-refractivity contribution in [2.24, 2.45) is 0 Å². The van der Waals surface area contributed by atoms with Gasteiger partial charge in [0.15, 0.2) is 11.5 Å². The summed E-state index contributed by atoms with van der Waals surface area (Å²) in [4.78, 5) is 0. The smallest absolute Gasteiger partial charge is 0.231 e. The van der Waals surface area contributed by atoms with Crippen molar-refractivity contribution in [1.82, 2.24) is 5.16 Å². The molecule has 4 heteroatoms. The zero-order valence-electron chi connectivity index (χ0n) is 6.11. The Kier molecular flexibility index (Phi) is 0.935. The molecule has 0 saturated carbocycles. The van der Waals surface area contributed by atoms with E-state index in [0.717, 1.165) is 22.4 Å². The first-order valence-electron chi connectivity index (χ1n) is 3.57. The molecule has 2 aromatic rings. The minimum absolute atomic E-state index is 0.291. The largest absolute Gasteiger partial charge is 0.454 e. The van der Waals surface area contributed by atoms with E-state index < -0.39 is 0 Å². The minimum Gasteiger partial charge on any atom is -0.454 e. The Hall–Kier alpha value is -1.71. The van der Waals surface area contributed by atoms with Gasteiger partial charge in [-0.25, -0.2) is 0 Å². The van der Waals surface area contributed by atoms with Gasteiger partial charge in [-0.2, -0.15) is 0 Å². The Labute approximate surface area is 67.7 Å². The van der Waals surface area contributed by atoms with Crippen molar-refractivity contribution in [3.8, 4) is 11.5 Å². The highest BCUT2D eigenvalue weighted by Crippen LogP contribution is 2.35. The van der Waals surface area contributed by atoms with E-state index in [-0.39, 0.29) is 0 Å². The molecule has 1 aliphatic heterocycles. The maximum Gasteiger partial charge on any atom is 0.231 e. The van der Waals surface area contributed by atoms with Crippen molar-refractivity contribution in [1.29, 1.82) is 0 Å². The Bertz CT molecular complexity index is 397. The number of aromatic nitrogens is 1. The lowest BCUT2D eigenvalue weighted by atomic mass is 10.2. The summed E-state index contributed by atoms with van der Waals surface area (Å²) in [6.07, 6.45) is 1.58. The molecule has 0 aliphatic carbocycles. The van der Waals surface area contributed by atoms with E-state index in [0.29, 0.717) is 6.79 Å². The van der Waals surface area contributed by atoms with Crippen molar-refractivity contribution >= 4 is 10.9 Å². The molecule has 0 atom stereocenters. The van der Waals surface area contributed by atoms with Crippen LogP contribution in [0.1, 0.15) is 0 Å². The van der Waals surface area contributed by atoms with E-state index in [1.165, 1.54) is 0 Å². The number of nitrogens with zero attached hydrogens (tertiary/aromatic N) is 1. The molecule has 3 rings (SSSR count). The van der Waals surface area contributed by atoms with Gasteiger partial charge in [0.05, 0.1) is 0 Å². The fourth-order valence-electron chi connectivity index (χ4n) is 1.26. The molecule has 0 N–H and O–H groups in total. The number of hydrogen-bond donors (Lipinski definition) is 0. The van der Waals surface area contributed by atoms with E-state index in [1.807, 2.05) is 6.07 Å². The van der Waals surface area contributed by atoms with Crippen molar-refractivity contribution < 1.29 is 14.0 Å². The summed E-state index contributed by atoms with van der Waals surface area (Å²) >= 11 is 0. The highest BCUT2D eigenvalue weighted by Gasteiger charge is 2.15. The van der Waals surface area contributed by atoms with E-state index in [2.05, 4.69) is 5.16 Å². The predicted octanol–water partition coefficient (Wildman–Crippen LogP) is 1.56. The third-order valence-corrected chi connectivity index (χ3v) is 1.85. The van der Waals surface area contributed by atoms with E-state index >= 15 is 0 Å². The molecule has 1 aliphatic rings. The number of benzene rings is 1. The van der Waals surface area contributed by atoms with Crippen LogP contribution in [0.3, 0.4) is 0 Å². The second-order valence-corrected chi connectivity index (χ2v) is 2.58.